The Morgan fingerprint density at radius 1 is 1.00 bits per heavy atom. The summed E-state index contributed by atoms with van der Waals surface area (Å²) in [6, 6.07) is 0. The van der Waals surface area contributed by atoms with Gasteiger partial charge in [-0.05, 0) is 19.8 Å². The summed E-state index contributed by atoms with van der Waals surface area (Å²) < 4.78 is 32.5. The van der Waals surface area contributed by atoms with Crippen molar-refractivity contribution in [1.82, 2.24) is 0 Å². The third-order valence-corrected chi connectivity index (χ3v) is 3.52. The molecule has 118 valence electrons. The first kappa shape index (κ1) is 19.3. The largest absolute Gasteiger partial charge is 0.474 e. The van der Waals surface area contributed by atoms with E-state index in [4.69, 9.17) is 18.3 Å². The first-order chi connectivity index (χ1) is 9.45. The fourth-order valence-corrected chi connectivity index (χ4v) is 2.43. The maximum absolute atomic E-state index is 12.1. The zero-order valence-corrected chi connectivity index (χ0v) is 13.4. The number of carbonyl (C=O) groups excluding carboxylic acids is 1. The van der Waals surface area contributed by atoms with E-state index in [1.54, 1.807) is 6.92 Å². The average Bonchev–Trinajstić information content (AvgIpc) is 2.42. The lowest BCUT2D eigenvalue weighted by Gasteiger charge is -2.17. The van der Waals surface area contributed by atoms with Gasteiger partial charge in [0, 0.05) is 12.0 Å². The molecule has 0 aliphatic rings. The van der Waals surface area contributed by atoms with Gasteiger partial charge in [0.15, 0.2) is 0 Å². The second-order valence-electron chi connectivity index (χ2n) is 4.22. The van der Waals surface area contributed by atoms with Crippen molar-refractivity contribution in [2.45, 2.75) is 40.0 Å². The minimum Gasteiger partial charge on any atom is -0.462 e. The van der Waals surface area contributed by atoms with Gasteiger partial charge in [-0.1, -0.05) is 20.4 Å². The summed E-state index contributed by atoms with van der Waals surface area (Å²) in [7, 11) is -3.49. The number of hydrogen-bond acceptors (Lipinski definition) is 6. The van der Waals surface area contributed by atoms with Crippen LogP contribution in [0.5, 0.6) is 0 Å². The first-order valence-electron chi connectivity index (χ1n) is 6.81. The molecule has 0 rings (SSSR count). The second-order valence-corrected chi connectivity index (χ2v) is 5.89. The van der Waals surface area contributed by atoms with Crippen LogP contribution in [0, 0.1) is 0 Å². The fourth-order valence-electron chi connectivity index (χ4n) is 1.04. The molecule has 0 unspecified atom stereocenters. The summed E-state index contributed by atoms with van der Waals surface area (Å²) in [6.45, 7) is 9.78. The van der Waals surface area contributed by atoms with E-state index in [9.17, 15) is 9.36 Å². The van der Waals surface area contributed by atoms with Gasteiger partial charge in [-0.3, -0.25) is 13.6 Å². The SMILES string of the molecule is C=C(C)C(=O)OCCCOP(=O)(OCCC)OCCC. The van der Waals surface area contributed by atoms with Gasteiger partial charge in [-0.15, -0.1) is 0 Å². The average molecular weight is 308 g/mol. The van der Waals surface area contributed by atoms with E-state index in [1.165, 1.54) is 0 Å². The van der Waals surface area contributed by atoms with Crippen molar-refractivity contribution in [3.63, 3.8) is 0 Å². The van der Waals surface area contributed by atoms with Gasteiger partial charge in [0.1, 0.15) is 0 Å². The molecule has 0 radical (unpaired) electrons. The Hall–Kier alpha value is -0.680. The zero-order chi connectivity index (χ0) is 15.4. The monoisotopic (exact) mass is 308 g/mol. The molecular weight excluding hydrogens is 283 g/mol. The molecule has 0 aromatic rings. The molecule has 0 spiro atoms. The third kappa shape index (κ3) is 9.26. The van der Waals surface area contributed by atoms with Crippen molar-refractivity contribution in [2.24, 2.45) is 0 Å². The number of hydrogen-bond donors (Lipinski definition) is 0. The maximum atomic E-state index is 12.1. The van der Waals surface area contributed by atoms with Gasteiger partial charge in [-0.2, -0.15) is 0 Å². The standard InChI is InChI=1S/C13H25O6P/c1-5-8-17-20(15,18-9-6-2)19-11-7-10-16-13(14)12(3)4/h3,5-11H2,1-2,4H3. The van der Waals surface area contributed by atoms with E-state index >= 15 is 0 Å². The highest BCUT2D eigenvalue weighted by molar-refractivity contribution is 7.48. The summed E-state index contributed by atoms with van der Waals surface area (Å²) in [5.41, 5.74) is 0.342. The van der Waals surface area contributed by atoms with Crippen molar-refractivity contribution in [3.8, 4) is 0 Å². The number of carbonyl (C=O) groups is 1. The van der Waals surface area contributed by atoms with Gasteiger partial charge in [-0.25, -0.2) is 9.36 Å². The topological polar surface area (TPSA) is 71.1 Å². The van der Waals surface area contributed by atoms with E-state index < -0.39 is 13.8 Å². The normalized spacial score (nSPS) is 11.3. The van der Waals surface area contributed by atoms with Crippen LogP contribution in [0.2, 0.25) is 0 Å². The van der Waals surface area contributed by atoms with Crippen molar-refractivity contribution in [2.75, 3.05) is 26.4 Å². The van der Waals surface area contributed by atoms with E-state index in [0.29, 0.717) is 25.2 Å². The molecule has 0 atom stereocenters. The summed E-state index contributed by atoms with van der Waals surface area (Å²) in [6.07, 6.45) is 1.85. The molecule has 0 fully saturated rings. The first-order valence-corrected chi connectivity index (χ1v) is 8.27. The van der Waals surface area contributed by atoms with Crippen molar-refractivity contribution >= 4 is 13.8 Å². The van der Waals surface area contributed by atoms with Crippen LogP contribution in [0.4, 0.5) is 0 Å². The molecule has 0 heterocycles. The van der Waals surface area contributed by atoms with E-state index in [1.807, 2.05) is 13.8 Å². The Bertz CT molecular complexity index is 330. The highest BCUT2D eigenvalue weighted by Crippen LogP contribution is 2.49. The summed E-state index contributed by atoms with van der Waals surface area (Å²) in [5, 5.41) is 0. The number of esters is 1. The summed E-state index contributed by atoms with van der Waals surface area (Å²) in [5.74, 6) is -0.447. The fraction of sp³-hybridized carbons (Fsp3) is 0.769. The molecule has 0 amide bonds. The quantitative estimate of drug-likeness (QED) is 0.238. The van der Waals surface area contributed by atoms with Crippen LogP contribution < -0.4 is 0 Å². The van der Waals surface area contributed by atoms with Crippen LogP contribution in [0.15, 0.2) is 12.2 Å². The lowest BCUT2D eigenvalue weighted by Crippen LogP contribution is -2.09. The maximum Gasteiger partial charge on any atom is 0.474 e. The third-order valence-electron chi connectivity index (χ3n) is 2.03. The van der Waals surface area contributed by atoms with Crippen LogP contribution in [0.1, 0.15) is 40.0 Å². The number of rotatable bonds is 12. The van der Waals surface area contributed by atoms with Crippen LogP contribution in [-0.2, 0) is 27.7 Å². The number of phosphoric ester groups is 1. The highest BCUT2D eigenvalue weighted by atomic mass is 31.2. The molecule has 20 heavy (non-hydrogen) atoms. The Morgan fingerprint density at radius 3 is 1.95 bits per heavy atom. The molecule has 0 saturated heterocycles. The Labute approximate surface area is 121 Å². The molecule has 0 aliphatic heterocycles. The van der Waals surface area contributed by atoms with E-state index in [-0.39, 0.29) is 13.2 Å². The Kier molecular flexibility index (Phi) is 10.7. The summed E-state index contributed by atoms with van der Waals surface area (Å²) in [4.78, 5) is 11.1. The van der Waals surface area contributed by atoms with Crippen LogP contribution in [0.25, 0.3) is 0 Å². The minimum atomic E-state index is -3.49. The zero-order valence-electron chi connectivity index (χ0n) is 12.6. The smallest absolute Gasteiger partial charge is 0.462 e. The molecule has 0 aromatic heterocycles. The number of phosphoric acid groups is 1. The molecule has 0 bridgehead atoms. The minimum absolute atomic E-state index is 0.133. The Morgan fingerprint density at radius 2 is 1.50 bits per heavy atom. The van der Waals surface area contributed by atoms with Crippen molar-refractivity contribution in [1.29, 1.82) is 0 Å². The highest BCUT2D eigenvalue weighted by Gasteiger charge is 2.25. The van der Waals surface area contributed by atoms with Crippen LogP contribution in [-0.4, -0.2) is 32.4 Å². The molecule has 0 N–H and O–H groups in total. The Balaban J connectivity index is 3.98. The molecule has 0 saturated carbocycles. The van der Waals surface area contributed by atoms with Gasteiger partial charge in [0.25, 0.3) is 0 Å². The molecule has 0 aliphatic carbocycles. The van der Waals surface area contributed by atoms with Gasteiger partial charge in [0.05, 0.1) is 26.4 Å². The van der Waals surface area contributed by atoms with Gasteiger partial charge < -0.3 is 4.74 Å². The predicted octanol–water partition coefficient (Wildman–Crippen LogP) is 3.47. The molecule has 0 aromatic carbocycles. The van der Waals surface area contributed by atoms with Crippen molar-refractivity contribution in [3.05, 3.63) is 12.2 Å². The van der Waals surface area contributed by atoms with Crippen LogP contribution >= 0.6 is 7.82 Å². The summed E-state index contributed by atoms with van der Waals surface area (Å²) >= 11 is 0. The number of ether oxygens (including phenoxy) is 1. The van der Waals surface area contributed by atoms with Gasteiger partial charge >= 0.3 is 13.8 Å². The molecule has 6 nitrogen and oxygen atoms in total. The predicted molar refractivity (Wildman–Crippen MR) is 76.4 cm³/mol. The van der Waals surface area contributed by atoms with E-state index in [0.717, 1.165) is 12.8 Å². The lowest BCUT2D eigenvalue weighted by atomic mass is 10.4. The van der Waals surface area contributed by atoms with E-state index in [2.05, 4.69) is 6.58 Å². The van der Waals surface area contributed by atoms with Crippen LogP contribution in [0.3, 0.4) is 0 Å². The second kappa shape index (κ2) is 11.0. The lowest BCUT2D eigenvalue weighted by molar-refractivity contribution is -0.139. The van der Waals surface area contributed by atoms with Gasteiger partial charge in [0.2, 0.25) is 0 Å². The molecule has 7 heteroatoms. The molecular formula is C13H25O6P. The van der Waals surface area contributed by atoms with Crippen molar-refractivity contribution < 1.29 is 27.7 Å².